The normalized spacial score (nSPS) is 10.8. The van der Waals surface area contributed by atoms with Crippen LogP contribution in [0.2, 0.25) is 5.02 Å². The first-order valence-corrected chi connectivity index (χ1v) is 9.34. The molecule has 2 heterocycles. The molecule has 2 aromatic heterocycles. The van der Waals surface area contributed by atoms with Crippen molar-refractivity contribution in [1.82, 2.24) is 19.9 Å². The second-order valence-electron chi connectivity index (χ2n) is 6.30. The summed E-state index contributed by atoms with van der Waals surface area (Å²) in [5.74, 6) is 1.77. The third-order valence-corrected chi connectivity index (χ3v) is 4.65. The topological polar surface area (TPSA) is 92.3 Å². The van der Waals surface area contributed by atoms with Gasteiger partial charge in [0.25, 0.3) is 5.56 Å². The number of halogens is 1. The van der Waals surface area contributed by atoms with Crippen LogP contribution in [0.4, 0.5) is 0 Å². The van der Waals surface area contributed by atoms with Gasteiger partial charge in [0, 0.05) is 22.2 Å². The van der Waals surface area contributed by atoms with Crippen LogP contribution in [0.3, 0.4) is 0 Å². The first-order valence-electron chi connectivity index (χ1n) is 8.96. The minimum atomic E-state index is -0.279. The molecule has 0 aliphatic heterocycles. The predicted molar refractivity (Wildman–Crippen MR) is 111 cm³/mol. The van der Waals surface area contributed by atoms with Crippen LogP contribution in [0.1, 0.15) is 5.89 Å². The second-order valence-corrected chi connectivity index (χ2v) is 6.74. The molecule has 9 heteroatoms. The lowest BCUT2D eigenvalue weighted by Crippen LogP contribution is -2.23. The number of hydrogen-bond acceptors (Lipinski definition) is 7. The van der Waals surface area contributed by atoms with Gasteiger partial charge in [-0.2, -0.15) is 10.1 Å². The molecule has 0 saturated heterocycles. The van der Waals surface area contributed by atoms with Gasteiger partial charge in [0.05, 0.1) is 19.9 Å². The Morgan fingerprint density at radius 3 is 2.43 bits per heavy atom. The molecule has 0 saturated carbocycles. The zero-order valence-corrected chi connectivity index (χ0v) is 17.0. The van der Waals surface area contributed by atoms with Crippen molar-refractivity contribution in [2.45, 2.75) is 6.54 Å². The van der Waals surface area contributed by atoms with Gasteiger partial charge >= 0.3 is 0 Å². The number of nitrogens with zero attached hydrogens (tertiary/aromatic N) is 4. The highest BCUT2D eigenvalue weighted by Gasteiger charge is 2.14. The van der Waals surface area contributed by atoms with Gasteiger partial charge in [-0.25, -0.2) is 4.68 Å². The van der Waals surface area contributed by atoms with Crippen molar-refractivity contribution in [3.05, 3.63) is 75.9 Å². The van der Waals surface area contributed by atoms with Gasteiger partial charge in [-0.1, -0.05) is 28.9 Å². The Balaban J connectivity index is 1.60. The largest absolute Gasteiger partial charge is 0.493 e. The minimum Gasteiger partial charge on any atom is -0.493 e. The summed E-state index contributed by atoms with van der Waals surface area (Å²) in [4.78, 5) is 16.6. The van der Waals surface area contributed by atoms with Crippen LogP contribution < -0.4 is 15.0 Å². The molecule has 0 atom stereocenters. The summed E-state index contributed by atoms with van der Waals surface area (Å²) >= 11 is 5.93. The molecule has 0 aliphatic carbocycles. The molecule has 4 aromatic rings. The van der Waals surface area contributed by atoms with Gasteiger partial charge in [-0.3, -0.25) is 4.79 Å². The smallest absolute Gasteiger partial charge is 0.267 e. The maximum Gasteiger partial charge on any atom is 0.267 e. The molecule has 2 aromatic carbocycles. The van der Waals surface area contributed by atoms with E-state index < -0.39 is 0 Å². The highest BCUT2D eigenvalue weighted by Crippen LogP contribution is 2.31. The minimum absolute atomic E-state index is 0.0422. The van der Waals surface area contributed by atoms with Crippen LogP contribution in [0.5, 0.6) is 11.5 Å². The number of aromatic nitrogens is 4. The van der Waals surface area contributed by atoms with Crippen LogP contribution in [-0.4, -0.2) is 34.1 Å². The summed E-state index contributed by atoms with van der Waals surface area (Å²) in [6, 6.07) is 15.6. The molecule has 0 N–H and O–H groups in total. The van der Waals surface area contributed by atoms with E-state index in [1.54, 1.807) is 50.6 Å². The average Bonchev–Trinajstić information content (AvgIpc) is 3.24. The van der Waals surface area contributed by atoms with Crippen molar-refractivity contribution in [2.75, 3.05) is 14.2 Å². The zero-order chi connectivity index (χ0) is 21.1. The predicted octanol–water partition coefficient (Wildman–Crippen LogP) is 3.68. The molecule has 152 valence electrons. The molecule has 0 unspecified atom stereocenters. The number of methoxy groups -OCH3 is 2. The molecule has 4 rings (SSSR count). The van der Waals surface area contributed by atoms with E-state index in [9.17, 15) is 4.79 Å². The third-order valence-electron chi connectivity index (χ3n) is 4.40. The fraction of sp³-hybridized carbons (Fsp3) is 0.143. The fourth-order valence-corrected chi connectivity index (χ4v) is 3.00. The Kier molecular flexibility index (Phi) is 5.49. The highest BCUT2D eigenvalue weighted by molar-refractivity contribution is 6.30. The summed E-state index contributed by atoms with van der Waals surface area (Å²) in [5, 5.41) is 9.02. The molecule has 30 heavy (non-hydrogen) atoms. The van der Waals surface area contributed by atoms with E-state index in [1.165, 1.54) is 10.7 Å². The Morgan fingerprint density at radius 1 is 0.967 bits per heavy atom. The molecule has 0 aliphatic rings. The van der Waals surface area contributed by atoms with Crippen molar-refractivity contribution >= 4 is 11.6 Å². The Labute approximate surface area is 176 Å². The number of benzene rings is 2. The highest BCUT2D eigenvalue weighted by atomic mass is 35.5. The Morgan fingerprint density at radius 2 is 1.70 bits per heavy atom. The monoisotopic (exact) mass is 424 g/mol. The van der Waals surface area contributed by atoms with Crippen molar-refractivity contribution in [2.24, 2.45) is 0 Å². The summed E-state index contributed by atoms with van der Waals surface area (Å²) in [6.45, 7) is 0.0422. The molecule has 0 amide bonds. The van der Waals surface area contributed by atoms with E-state index in [-0.39, 0.29) is 18.0 Å². The van der Waals surface area contributed by atoms with E-state index in [1.807, 2.05) is 12.1 Å². The van der Waals surface area contributed by atoms with Crippen molar-refractivity contribution in [3.63, 3.8) is 0 Å². The van der Waals surface area contributed by atoms with Crippen LogP contribution in [0, 0.1) is 0 Å². The molecule has 0 fully saturated rings. The first-order chi connectivity index (χ1) is 14.6. The Hall–Kier alpha value is -3.65. The number of rotatable bonds is 6. The van der Waals surface area contributed by atoms with Gasteiger partial charge in [-0.15, -0.1) is 0 Å². The van der Waals surface area contributed by atoms with Crippen LogP contribution in [0.15, 0.2) is 63.9 Å². The van der Waals surface area contributed by atoms with E-state index in [0.717, 1.165) is 5.56 Å². The average molecular weight is 425 g/mol. The lowest BCUT2D eigenvalue weighted by atomic mass is 10.1. The molecular weight excluding hydrogens is 408 g/mol. The quantitative estimate of drug-likeness (QED) is 0.466. The Bertz CT molecular complexity index is 1230. The third kappa shape index (κ3) is 4.04. The summed E-state index contributed by atoms with van der Waals surface area (Å²) in [7, 11) is 3.11. The van der Waals surface area contributed by atoms with Crippen LogP contribution >= 0.6 is 11.6 Å². The maximum atomic E-state index is 12.3. The molecule has 0 bridgehead atoms. The number of hydrogen-bond donors (Lipinski definition) is 0. The van der Waals surface area contributed by atoms with Crippen LogP contribution in [0.25, 0.3) is 22.6 Å². The van der Waals surface area contributed by atoms with E-state index in [0.29, 0.717) is 33.6 Å². The summed E-state index contributed by atoms with van der Waals surface area (Å²) in [6.07, 6.45) is 0. The van der Waals surface area contributed by atoms with Gasteiger partial charge in [0.15, 0.2) is 11.5 Å². The zero-order valence-electron chi connectivity index (χ0n) is 16.2. The van der Waals surface area contributed by atoms with Crippen molar-refractivity contribution in [1.29, 1.82) is 0 Å². The molecule has 0 spiro atoms. The van der Waals surface area contributed by atoms with E-state index in [2.05, 4.69) is 15.2 Å². The van der Waals surface area contributed by atoms with Gasteiger partial charge in [-0.05, 0) is 36.4 Å². The first kappa shape index (κ1) is 19.7. The van der Waals surface area contributed by atoms with Gasteiger partial charge < -0.3 is 14.0 Å². The van der Waals surface area contributed by atoms with Crippen molar-refractivity contribution < 1.29 is 14.0 Å². The summed E-state index contributed by atoms with van der Waals surface area (Å²) in [5.41, 5.74) is 1.88. The molecular formula is C21H17ClN4O4. The van der Waals surface area contributed by atoms with Crippen molar-refractivity contribution in [3.8, 4) is 34.1 Å². The summed E-state index contributed by atoms with van der Waals surface area (Å²) < 4.78 is 17.1. The fourth-order valence-electron chi connectivity index (χ4n) is 2.88. The molecule has 0 radical (unpaired) electrons. The lowest BCUT2D eigenvalue weighted by Gasteiger charge is -2.07. The lowest BCUT2D eigenvalue weighted by molar-refractivity contribution is 0.355. The van der Waals surface area contributed by atoms with Crippen LogP contribution in [-0.2, 0) is 6.54 Å². The SMILES string of the molecule is COc1ccc(-c2noc(Cn3nc(-c4ccc(Cl)cc4)ccc3=O)n2)cc1OC. The number of ether oxygens (including phenoxy) is 2. The maximum absolute atomic E-state index is 12.3. The molecule has 8 nitrogen and oxygen atoms in total. The standard InChI is InChI=1S/C21H17ClN4O4/c1-28-17-9-5-14(11-18(17)29-2)21-23-19(30-25-21)12-26-20(27)10-8-16(24-26)13-3-6-15(22)7-4-13/h3-11H,12H2,1-2H3. The van der Waals surface area contributed by atoms with E-state index in [4.69, 9.17) is 25.6 Å². The van der Waals surface area contributed by atoms with E-state index >= 15 is 0 Å². The van der Waals surface area contributed by atoms with Gasteiger partial charge in [0.2, 0.25) is 11.7 Å². The second kappa shape index (κ2) is 8.38. The van der Waals surface area contributed by atoms with Gasteiger partial charge in [0.1, 0.15) is 6.54 Å².